The lowest BCUT2D eigenvalue weighted by Crippen LogP contribution is -2.53. The van der Waals surface area contributed by atoms with E-state index >= 15 is 0 Å². The van der Waals surface area contributed by atoms with Crippen LogP contribution in [0.5, 0.6) is 0 Å². The van der Waals surface area contributed by atoms with Crippen molar-refractivity contribution in [1.29, 1.82) is 0 Å². The molecule has 374 valence electrons. The van der Waals surface area contributed by atoms with Crippen molar-refractivity contribution in [3.8, 4) is 0 Å². The minimum atomic E-state index is -1.11. The van der Waals surface area contributed by atoms with Crippen LogP contribution in [0.4, 0.5) is 4.79 Å². The van der Waals surface area contributed by atoms with Crippen molar-refractivity contribution in [2.45, 2.75) is 115 Å². The molecule has 0 saturated carbocycles. The number of hydrogen-bond acceptors (Lipinski definition) is 7. The Morgan fingerprint density at radius 1 is 0.429 bits per heavy atom. The van der Waals surface area contributed by atoms with Crippen LogP contribution < -0.4 is 16.0 Å². The van der Waals surface area contributed by atoms with Gasteiger partial charge in [0.15, 0.2) is 0 Å². The molecular formula is C54H62Br3N3O10. The van der Waals surface area contributed by atoms with Crippen molar-refractivity contribution in [3.05, 3.63) is 175 Å². The van der Waals surface area contributed by atoms with Gasteiger partial charge in [-0.15, -0.1) is 0 Å². The molecule has 70 heavy (non-hydrogen) atoms. The molecule has 0 aromatic heterocycles. The number of carboxylic acid groups (broad SMARTS) is 3. The molecule has 0 aliphatic carbocycles. The molecule has 0 aliphatic rings. The number of carboxylic acids is 3. The van der Waals surface area contributed by atoms with Crippen LogP contribution in [0.25, 0.3) is 0 Å². The third-order valence-corrected chi connectivity index (χ3v) is 12.9. The summed E-state index contributed by atoms with van der Waals surface area (Å²) in [5, 5.41) is 36.5. The Kier molecular flexibility index (Phi) is 21.6. The molecular weight excluding hydrogens is 1090 g/mol. The molecule has 0 bridgehead atoms. The van der Waals surface area contributed by atoms with Crippen molar-refractivity contribution in [2.24, 2.45) is 0 Å². The first-order chi connectivity index (χ1) is 32.5. The SMILES string of the molecule is CC(C)(C)OC(=O)NC(C(=O)O)C(C)(C)c1ccc(Br)cc1.CC(C)(c1ccc(Br)cc1)C(NC(=O)Cc1ccccc1)C(=O)O.CC(C)(c1ccc(Br)cc1)C(NC(=O)Cc1ccccc1)C(=O)O. The van der Waals surface area contributed by atoms with Crippen LogP contribution in [0, 0.1) is 0 Å². The van der Waals surface area contributed by atoms with Crippen LogP contribution in [0.2, 0.25) is 0 Å². The Labute approximate surface area is 435 Å². The molecule has 0 aliphatic heterocycles. The highest BCUT2D eigenvalue weighted by Crippen LogP contribution is 2.31. The van der Waals surface area contributed by atoms with Gasteiger partial charge < -0.3 is 36.0 Å². The number of rotatable bonds is 16. The van der Waals surface area contributed by atoms with Crippen molar-refractivity contribution >= 4 is 83.6 Å². The number of aliphatic carboxylic acids is 3. The largest absolute Gasteiger partial charge is 0.480 e. The summed E-state index contributed by atoms with van der Waals surface area (Å²) >= 11 is 10.1. The van der Waals surface area contributed by atoms with Crippen LogP contribution in [0.1, 0.15) is 90.1 Å². The molecule has 5 aromatic carbocycles. The van der Waals surface area contributed by atoms with Crippen LogP contribution in [0.3, 0.4) is 0 Å². The Morgan fingerprint density at radius 2 is 0.686 bits per heavy atom. The summed E-state index contributed by atoms with van der Waals surface area (Å²) in [5.74, 6) is -3.83. The molecule has 5 rings (SSSR count). The maximum absolute atomic E-state index is 12.3. The number of alkyl carbamates (subject to hydrolysis) is 1. The fraction of sp³-hybridized carbons (Fsp3) is 0.333. The molecule has 0 saturated heterocycles. The maximum atomic E-state index is 12.3. The standard InChI is InChI=1S/2C19H20BrNO3.C16H22BrNO4/c2*1-19(2,14-8-10-15(20)11-9-14)17(18(23)24)21-16(22)12-13-6-4-3-5-7-13;1-15(2,3)22-14(21)18-12(13(19)20)16(4,5)10-6-8-11(17)9-7-10/h2*3-11,17H,12H2,1-2H3,(H,21,22)(H,23,24);6-9,12H,1-5H3,(H,18,21)(H,19,20). The number of halogens is 3. The smallest absolute Gasteiger partial charge is 0.408 e. The second kappa shape index (κ2) is 25.9. The molecule has 16 heteroatoms. The Hall–Kier alpha value is -5.84. The normalized spacial score (nSPS) is 12.7. The number of carbonyl (C=O) groups is 6. The highest BCUT2D eigenvalue weighted by atomic mass is 79.9. The Morgan fingerprint density at radius 3 is 0.929 bits per heavy atom. The number of hydrogen-bond donors (Lipinski definition) is 6. The number of amides is 3. The first-order valence-corrected chi connectivity index (χ1v) is 24.5. The number of nitrogens with one attached hydrogen (secondary N) is 3. The average molecular weight is 1150 g/mol. The third-order valence-electron chi connectivity index (χ3n) is 11.4. The van der Waals surface area contributed by atoms with Gasteiger partial charge >= 0.3 is 24.0 Å². The molecule has 5 aromatic rings. The van der Waals surface area contributed by atoms with E-state index in [9.17, 15) is 44.1 Å². The second-order valence-corrected chi connectivity index (χ2v) is 21.9. The van der Waals surface area contributed by atoms with Crippen LogP contribution in [-0.4, -0.2) is 74.9 Å². The molecule has 6 N–H and O–H groups in total. The van der Waals surface area contributed by atoms with Gasteiger partial charge in [-0.2, -0.15) is 0 Å². The van der Waals surface area contributed by atoms with Crippen molar-refractivity contribution in [1.82, 2.24) is 16.0 Å². The summed E-state index contributed by atoms with van der Waals surface area (Å²) in [6.45, 7) is 16.0. The van der Waals surface area contributed by atoms with Crippen LogP contribution in [0.15, 0.2) is 147 Å². The summed E-state index contributed by atoms with van der Waals surface area (Å²) in [6, 6.07) is 37.6. The van der Waals surface area contributed by atoms with Gasteiger partial charge in [-0.05, 0) is 85.0 Å². The molecule has 0 fully saturated rings. The Bertz CT molecular complexity index is 2400. The quantitative estimate of drug-likeness (QED) is 0.0551. The zero-order chi connectivity index (χ0) is 52.6. The monoisotopic (exact) mass is 1150 g/mol. The molecule has 13 nitrogen and oxygen atoms in total. The number of ether oxygens (including phenoxy) is 1. The van der Waals surface area contributed by atoms with Crippen molar-refractivity contribution in [2.75, 3.05) is 0 Å². The highest BCUT2D eigenvalue weighted by Gasteiger charge is 2.40. The lowest BCUT2D eigenvalue weighted by molar-refractivity contribution is -0.144. The number of carbonyl (C=O) groups excluding carboxylic acids is 3. The topological polar surface area (TPSA) is 208 Å². The highest BCUT2D eigenvalue weighted by molar-refractivity contribution is 9.11. The van der Waals surface area contributed by atoms with E-state index in [1.807, 2.05) is 161 Å². The summed E-state index contributed by atoms with van der Waals surface area (Å²) in [7, 11) is 0. The van der Waals surface area contributed by atoms with E-state index in [1.54, 1.807) is 34.6 Å². The van der Waals surface area contributed by atoms with Gasteiger partial charge in [0.2, 0.25) is 11.8 Å². The maximum Gasteiger partial charge on any atom is 0.408 e. The molecule has 3 amide bonds. The zero-order valence-electron chi connectivity index (χ0n) is 40.7. The van der Waals surface area contributed by atoms with Crippen LogP contribution >= 0.6 is 47.8 Å². The van der Waals surface area contributed by atoms with E-state index in [-0.39, 0.29) is 24.7 Å². The predicted octanol–water partition coefficient (Wildman–Crippen LogP) is 10.8. The molecule has 3 atom stereocenters. The average Bonchev–Trinajstić information content (AvgIpc) is 3.27. The first kappa shape index (κ1) is 58.5. The van der Waals surface area contributed by atoms with E-state index < -0.39 is 64.0 Å². The Balaban J connectivity index is 0.000000278. The van der Waals surface area contributed by atoms with Crippen molar-refractivity contribution < 1.29 is 48.8 Å². The van der Waals surface area contributed by atoms with Gasteiger partial charge in [0.1, 0.15) is 23.7 Å². The second-order valence-electron chi connectivity index (χ2n) is 19.1. The third kappa shape index (κ3) is 18.2. The van der Waals surface area contributed by atoms with E-state index in [0.29, 0.717) is 0 Å². The predicted molar refractivity (Wildman–Crippen MR) is 282 cm³/mol. The first-order valence-electron chi connectivity index (χ1n) is 22.2. The zero-order valence-corrected chi connectivity index (χ0v) is 45.4. The fourth-order valence-electron chi connectivity index (χ4n) is 7.20. The van der Waals surface area contributed by atoms with Gasteiger partial charge in [-0.1, -0.05) is 186 Å². The molecule has 0 spiro atoms. The molecule has 3 unspecified atom stereocenters. The van der Waals surface area contributed by atoms with Gasteiger partial charge in [0.25, 0.3) is 0 Å². The summed E-state index contributed by atoms with van der Waals surface area (Å²) in [4.78, 5) is 71.6. The lowest BCUT2D eigenvalue weighted by atomic mass is 9.77. The van der Waals surface area contributed by atoms with E-state index in [2.05, 4.69) is 63.7 Å². The summed E-state index contributed by atoms with van der Waals surface area (Å²) in [6.07, 6.45) is -0.438. The van der Waals surface area contributed by atoms with E-state index in [4.69, 9.17) is 4.74 Å². The minimum Gasteiger partial charge on any atom is -0.480 e. The van der Waals surface area contributed by atoms with E-state index in [0.717, 1.165) is 41.2 Å². The van der Waals surface area contributed by atoms with Gasteiger partial charge in [-0.25, -0.2) is 19.2 Å². The van der Waals surface area contributed by atoms with Crippen LogP contribution in [-0.2, 0) is 57.8 Å². The molecule has 0 heterocycles. The molecule has 0 radical (unpaired) electrons. The fourth-order valence-corrected chi connectivity index (χ4v) is 8.00. The van der Waals surface area contributed by atoms with Gasteiger partial charge in [-0.3, -0.25) is 9.59 Å². The van der Waals surface area contributed by atoms with E-state index in [1.165, 1.54) is 0 Å². The van der Waals surface area contributed by atoms with Gasteiger partial charge in [0, 0.05) is 29.7 Å². The van der Waals surface area contributed by atoms with Crippen molar-refractivity contribution in [3.63, 3.8) is 0 Å². The summed E-state index contributed by atoms with van der Waals surface area (Å²) < 4.78 is 7.89. The lowest BCUT2D eigenvalue weighted by Gasteiger charge is -2.33. The minimum absolute atomic E-state index is 0.154. The summed E-state index contributed by atoms with van der Waals surface area (Å²) in [5.41, 5.74) is 1.20. The van der Waals surface area contributed by atoms with Gasteiger partial charge in [0.05, 0.1) is 12.8 Å². The number of benzene rings is 5.